The first-order chi connectivity index (χ1) is 13.1. The molecular formula is C23H31ClO3Si. The molecular weight excluding hydrogens is 388 g/mol. The zero-order chi connectivity index (χ0) is 21.1. The molecule has 0 bridgehead atoms. The van der Waals surface area contributed by atoms with E-state index < -0.39 is 8.07 Å². The Hall–Kier alpha value is -1.67. The number of rotatable bonds is 6. The zero-order valence-electron chi connectivity index (χ0n) is 17.9. The van der Waals surface area contributed by atoms with Crippen LogP contribution in [-0.4, -0.2) is 27.1 Å². The van der Waals surface area contributed by atoms with Gasteiger partial charge < -0.3 is 14.6 Å². The molecule has 0 aromatic heterocycles. The van der Waals surface area contributed by atoms with Crippen LogP contribution in [0.4, 0.5) is 0 Å². The van der Waals surface area contributed by atoms with Crippen LogP contribution >= 0.6 is 11.6 Å². The summed E-state index contributed by atoms with van der Waals surface area (Å²) in [5.74, 6) is 4.06. The van der Waals surface area contributed by atoms with Crippen LogP contribution in [0, 0.1) is 11.5 Å². The molecule has 0 unspecified atom stereocenters. The molecule has 5 heteroatoms. The normalized spacial score (nSPS) is 12.0. The summed E-state index contributed by atoms with van der Waals surface area (Å²) in [7, 11) is -0.351. The number of hydrogen-bond acceptors (Lipinski definition) is 3. The Balaban J connectivity index is 2.68. The molecule has 2 rings (SSSR count). The second-order valence-corrected chi connectivity index (χ2v) is 14.1. The molecule has 0 fully saturated rings. The molecule has 0 atom stereocenters. The van der Waals surface area contributed by atoms with Crippen LogP contribution in [0.1, 0.15) is 47.1 Å². The SMILES string of the molecule is COCOc1cc(O)c2c(C#C[Si](C(C)C)(C(C)C)C(C)C)c(Cl)ccc2c1. The van der Waals surface area contributed by atoms with Gasteiger partial charge in [-0.15, -0.1) is 5.54 Å². The third-order valence-corrected chi connectivity index (χ3v) is 12.2. The van der Waals surface area contributed by atoms with E-state index >= 15 is 0 Å². The highest BCUT2D eigenvalue weighted by Gasteiger charge is 2.41. The lowest BCUT2D eigenvalue weighted by Crippen LogP contribution is -2.43. The van der Waals surface area contributed by atoms with E-state index in [9.17, 15) is 5.11 Å². The van der Waals surface area contributed by atoms with E-state index in [1.165, 1.54) is 0 Å². The highest BCUT2D eigenvalue weighted by atomic mass is 35.5. The van der Waals surface area contributed by atoms with E-state index in [2.05, 4.69) is 53.0 Å². The van der Waals surface area contributed by atoms with E-state index in [-0.39, 0.29) is 12.5 Å². The van der Waals surface area contributed by atoms with Crippen molar-refractivity contribution in [3.8, 4) is 23.0 Å². The Labute approximate surface area is 175 Å². The van der Waals surface area contributed by atoms with Crippen molar-refractivity contribution in [2.45, 2.75) is 58.2 Å². The summed E-state index contributed by atoms with van der Waals surface area (Å²) >= 11 is 6.52. The maximum absolute atomic E-state index is 10.7. The lowest BCUT2D eigenvalue weighted by molar-refractivity contribution is 0.0511. The van der Waals surface area contributed by atoms with E-state index in [1.807, 2.05) is 18.2 Å². The Kier molecular flexibility index (Phi) is 7.44. The number of aromatic hydroxyl groups is 1. The third-order valence-electron chi connectivity index (χ3n) is 5.63. The minimum absolute atomic E-state index is 0.112. The Morgan fingerprint density at radius 1 is 1.04 bits per heavy atom. The molecule has 0 aliphatic carbocycles. The fourth-order valence-electron chi connectivity index (χ4n) is 4.33. The third kappa shape index (κ3) is 4.32. The summed E-state index contributed by atoms with van der Waals surface area (Å²) in [5, 5.41) is 12.7. The number of phenolic OH excluding ortho intramolecular Hbond substituents is 1. The van der Waals surface area contributed by atoms with Gasteiger partial charge in [0.05, 0.1) is 10.6 Å². The minimum Gasteiger partial charge on any atom is -0.507 e. The van der Waals surface area contributed by atoms with Crippen molar-refractivity contribution in [1.29, 1.82) is 0 Å². The second-order valence-electron chi connectivity index (χ2n) is 8.16. The molecule has 0 aliphatic rings. The van der Waals surface area contributed by atoms with Crippen molar-refractivity contribution < 1.29 is 14.6 Å². The molecule has 2 aromatic carbocycles. The van der Waals surface area contributed by atoms with Crippen molar-refractivity contribution >= 4 is 30.4 Å². The predicted octanol–water partition coefficient (Wildman–Crippen LogP) is 6.75. The molecule has 3 nitrogen and oxygen atoms in total. The molecule has 0 heterocycles. The van der Waals surface area contributed by atoms with Crippen LogP contribution in [-0.2, 0) is 4.74 Å². The van der Waals surface area contributed by atoms with Gasteiger partial charge in [-0.1, -0.05) is 65.1 Å². The number of hydrogen-bond donors (Lipinski definition) is 1. The quantitative estimate of drug-likeness (QED) is 0.320. The summed E-state index contributed by atoms with van der Waals surface area (Å²) in [6, 6.07) is 7.16. The first kappa shape index (κ1) is 22.6. The van der Waals surface area contributed by atoms with Gasteiger partial charge in [-0.05, 0) is 34.1 Å². The van der Waals surface area contributed by atoms with Gasteiger partial charge in [0.25, 0.3) is 0 Å². The topological polar surface area (TPSA) is 38.7 Å². The van der Waals surface area contributed by atoms with E-state index in [0.29, 0.717) is 38.3 Å². The lowest BCUT2D eigenvalue weighted by atomic mass is 10.0. The van der Waals surface area contributed by atoms with Crippen molar-refractivity contribution in [3.63, 3.8) is 0 Å². The van der Waals surface area contributed by atoms with Gasteiger partial charge in [-0.25, -0.2) is 0 Å². The molecule has 1 N–H and O–H groups in total. The summed E-state index contributed by atoms with van der Waals surface area (Å²) in [5.41, 5.74) is 5.96. The largest absolute Gasteiger partial charge is 0.507 e. The van der Waals surface area contributed by atoms with Crippen LogP contribution in [0.15, 0.2) is 24.3 Å². The average Bonchev–Trinajstić information content (AvgIpc) is 2.61. The Bertz CT molecular complexity index is 872. The van der Waals surface area contributed by atoms with Crippen molar-refractivity contribution in [3.05, 3.63) is 34.9 Å². The van der Waals surface area contributed by atoms with Gasteiger partial charge in [-0.3, -0.25) is 0 Å². The van der Waals surface area contributed by atoms with Crippen molar-refractivity contribution in [2.24, 2.45) is 0 Å². The molecule has 0 aliphatic heterocycles. The number of ether oxygens (including phenoxy) is 2. The van der Waals surface area contributed by atoms with Gasteiger partial charge in [0.1, 0.15) is 19.6 Å². The number of halogens is 1. The molecule has 2 aromatic rings. The summed E-state index contributed by atoms with van der Waals surface area (Å²) in [6.45, 7) is 13.8. The van der Waals surface area contributed by atoms with Gasteiger partial charge in [0, 0.05) is 18.6 Å². The Morgan fingerprint density at radius 3 is 2.18 bits per heavy atom. The maximum atomic E-state index is 10.7. The number of phenols is 1. The van der Waals surface area contributed by atoms with Crippen LogP contribution in [0.25, 0.3) is 10.8 Å². The Morgan fingerprint density at radius 2 is 1.64 bits per heavy atom. The molecule has 28 heavy (non-hydrogen) atoms. The van der Waals surface area contributed by atoms with Crippen LogP contribution in [0.5, 0.6) is 11.5 Å². The standard InChI is InChI=1S/C23H31ClO3Si/c1-15(2)28(16(3)4,17(5)6)11-10-20-21(24)9-8-18-12-19(27-14-26-7)13-22(25)23(18)20/h8-9,12-13,15-17,25H,14H2,1-7H3. The summed E-state index contributed by atoms with van der Waals surface area (Å²) in [6.07, 6.45) is 0. The zero-order valence-corrected chi connectivity index (χ0v) is 19.6. The molecule has 0 saturated heterocycles. The smallest absolute Gasteiger partial charge is 0.188 e. The van der Waals surface area contributed by atoms with Gasteiger partial charge in [0.2, 0.25) is 0 Å². The first-order valence-corrected chi connectivity index (χ1v) is 12.4. The number of methoxy groups -OCH3 is 1. The highest BCUT2D eigenvalue weighted by molar-refractivity contribution is 6.90. The second kappa shape index (κ2) is 9.22. The monoisotopic (exact) mass is 418 g/mol. The van der Waals surface area contributed by atoms with Crippen molar-refractivity contribution in [1.82, 2.24) is 0 Å². The lowest BCUT2D eigenvalue weighted by Gasteiger charge is -2.38. The minimum atomic E-state index is -1.91. The van der Waals surface area contributed by atoms with Crippen molar-refractivity contribution in [2.75, 3.05) is 13.9 Å². The predicted molar refractivity (Wildman–Crippen MR) is 121 cm³/mol. The molecule has 0 spiro atoms. The molecule has 152 valence electrons. The van der Waals surface area contributed by atoms with Gasteiger partial charge in [-0.2, -0.15) is 0 Å². The van der Waals surface area contributed by atoms with Crippen LogP contribution in [0.3, 0.4) is 0 Å². The maximum Gasteiger partial charge on any atom is 0.188 e. The summed E-state index contributed by atoms with van der Waals surface area (Å²) < 4.78 is 10.4. The average molecular weight is 419 g/mol. The fraction of sp³-hybridized carbons (Fsp3) is 0.478. The van der Waals surface area contributed by atoms with E-state index in [0.717, 1.165) is 5.39 Å². The molecule has 0 amide bonds. The molecule has 0 saturated carbocycles. The van der Waals surface area contributed by atoms with Crippen LogP contribution in [0.2, 0.25) is 21.6 Å². The number of benzene rings is 2. The van der Waals surface area contributed by atoms with E-state index in [1.54, 1.807) is 13.2 Å². The van der Waals surface area contributed by atoms with E-state index in [4.69, 9.17) is 21.1 Å². The fourth-order valence-corrected chi connectivity index (χ4v) is 9.74. The van der Waals surface area contributed by atoms with Gasteiger partial charge in [0.15, 0.2) is 6.79 Å². The number of fused-ring (bicyclic) bond motifs is 1. The first-order valence-electron chi connectivity index (χ1n) is 9.75. The molecule has 0 radical (unpaired) electrons. The summed E-state index contributed by atoms with van der Waals surface area (Å²) in [4.78, 5) is 0. The van der Waals surface area contributed by atoms with Crippen LogP contribution < -0.4 is 4.74 Å². The highest BCUT2D eigenvalue weighted by Crippen LogP contribution is 2.41. The van der Waals surface area contributed by atoms with Gasteiger partial charge >= 0.3 is 0 Å².